The first kappa shape index (κ1) is 18.2. The first-order valence-electron chi connectivity index (χ1n) is 7.87. The van der Waals surface area contributed by atoms with E-state index in [1.165, 1.54) is 18.6 Å². The van der Waals surface area contributed by atoms with E-state index in [9.17, 15) is 22.0 Å². The van der Waals surface area contributed by atoms with Crippen molar-refractivity contribution in [2.75, 3.05) is 10.5 Å². The van der Waals surface area contributed by atoms with Gasteiger partial charge in [-0.15, -0.1) is 0 Å². The fraction of sp³-hybridized carbons (Fsp3) is 0.312. The predicted molar refractivity (Wildman–Crippen MR) is 94.2 cm³/mol. The summed E-state index contributed by atoms with van der Waals surface area (Å²) in [6, 6.07) is 0.793. The highest BCUT2D eigenvalue weighted by Crippen LogP contribution is 2.28. The molecule has 0 amide bonds. The summed E-state index contributed by atoms with van der Waals surface area (Å²) in [6.45, 7) is 1.64. The lowest BCUT2D eigenvalue weighted by Crippen LogP contribution is -2.32. The Balaban J connectivity index is 1.94. The maximum absolute atomic E-state index is 14.7. The fourth-order valence-electron chi connectivity index (χ4n) is 2.74. The van der Waals surface area contributed by atoms with Gasteiger partial charge in [0.2, 0.25) is 10.0 Å². The van der Waals surface area contributed by atoms with Gasteiger partial charge in [-0.25, -0.2) is 17.2 Å². The summed E-state index contributed by atoms with van der Waals surface area (Å²) in [7, 11) is -3.84. The number of Topliss-reactive ketones (excluding diaryl/α,β-unsaturated/α-hetero) is 1. The number of nitrogens with one attached hydrogen (secondary N) is 2. The maximum Gasteiger partial charge on any atom is 0.232 e. The van der Waals surface area contributed by atoms with E-state index >= 15 is 0 Å². The summed E-state index contributed by atoms with van der Waals surface area (Å²) in [5.41, 5.74) is -1.05. The van der Waals surface area contributed by atoms with E-state index in [1.807, 2.05) is 4.72 Å². The van der Waals surface area contributed by atoms with Crippen LogP contribution in [0.5, 0.6) is 0 Å². The number of fused-ring (bicyclic) bond motifs is 1. The summed E-state index contributed by atoms with van der Waals surface area (Å²) in [6.07, 6.45) is 4.08. The molecule has 1 aromatic rings. The third kappa shape index (κ3) is 3.50. The second-order valence-electron chi connectivity index (χ2n) is 5.82. The Morgan fingerprint density at radius 2 is 2.00 bits per heavy atom. The Labute approximate surface area is 149 Å². The summed E-state index contributed by atoms with van der Waals surface area (Å²) < 4.78 is 54.3. The number of halogens is 2. The van der Waals surface area contributed by atoms with E-state index in [-0.39, 0.29) is 11.3 Å². The minimum absolute atomic E-state index is 0.120. The number of anilines is 1. The number of benzene rings is 1. The molecule has 2 heterocycles. The van der Waals surface area contributed by atoms with Crippen molar-refractivity contribution in [3.05, 3.63) is 41.1 Å². The number of ketones is 1. The van der Waals surface area contributed by atoms with Gasteiger partial charge in [0.05, 0.1) is 17.0 Å². The van der Waals surface area contributed by atoms with E-state index in [4.69, 9.17) is 0 Å². The van der Waals surface area contributed by atoms with Crippen LogP contribution in [-0.4, -0.2) is 44.6 Å². The lowest BCUT2D eigenvalue weighted by atomic mass is 9.97. The predicted octanol–water partition coefficient (Wildman–Crippen LogP) is 1.64. The molecule has 0 aliphatic carbocycles. The number of carbonyl (C=O) groups excluding carboxylic acids is 1. The van der Waals surface area contributed by atoms with Gasteiger partial charge in [0.1, 0.15) is 18.0 Å². The van der Waals surface area contributed by atoms with Gasteiger partial charge >= 0.3 is 0 Å². The highest BCUT2D eigenvalue weighted by atomic mass is 32.2. The highest BCUT2D eigenvalue weighted by Gasteiger charge is 2.35. The van der Waals surface area contributed by atoms with Gasteiger partial charge in [-0.05, 0) is 12.5 Å². The number of hydrogen-bond acceptors (Lipinski definition) is 6. The van der Waals surface area contributed by atoms with Crippen molar-refractivity contribution >= 4 is 33.9 Å². The zero-order valence-electron chi connectivity index (χ0n) is 13.7. The molecule has 7 nitrogen and oxygen atoms in total. The molecule has 0 fully saturated rings. The molecule has 2 unspecified atom stereocenters. The smallest absolute Gasteiger partial charge is 0.232 e. The fourth-order valence-corrected chi connectivity index (χ4v) is 3.87. The first-order valence-corrected chi connectivity index (χ1v) is 9.53. The Bertz CT molecular complexity index is 941. The number of hydrogen-bond donors (Lipinski definition) is 2. The van der Waals surface area contributed by atoms with E-state index in [2.05, 4.69) is 15.3 Å². The normalized spacial score (nSPS) is 21.1. The zero-order chi connectivity index (χ0) is 18.9. The van der Waals surface area contributed by atoms with Gasteiger partial charge in [0.25, 0.3) is 0 Å². The van der Waals surface area contributed by atoms with Crippen LogP contribution >= 0.6 is 0 Å². The Hall–Kier alpha value is -2.62. The number of sulfonamides is 1. The maximum atomic E-state index is 14.7. The number of rotatable bonds is 6. The van der Waals surface area contributed by atoms with Crippen molar-refractivity contribution in [1.29, 1.82) is 0 Å². The molecule has 2 N–H and O–H groups in total. The van der Waals surface area contributed by atoms with Crippen molar-refractivity contribution in [1.82, 2.24) is 5.32 Å². The van der Waals surface area contributed by atoms with Gasteiger partial charge < -0.3 is 5.32 Å². The quantitative estimate of drug-likeness (QED) is 0.731. The molecule has 1 aromatic carbocycles. The van der Waals surface area contributed by atoms with Gasteiger partial charge in [0.15, 0.2) is 11.6 Å². The SMILES string of the molecule is CCCS(=O)(=O)Nc1cc(F)cc(C(=O)C2=CNC3N=CC=NC23)c1F. The van der Waals surface area contributed by atoms with Crippen LogP contribution in [0.25, 0.3) is 0 Å². The van der Waals surface area contributed by atoms with Crippen molar-refractivity contribution in [3.63, 3.8) is 0 Å². The average molecular weight is 382 g/mol. The highest BCUT2D eigenvalue weighted by molar-refractivity contribution is 7.92. The zero-order valence-corrected chi connectivity index (χ0v) is 14.6. The van der Waals surface area contributed by atoms with Gasteiger partial charge in [-0.2, -0.15) is 0 Å². The van der Waals surface area contributed by atoms with Crippen molar-refractivity contribution in [2.45, 2.75) is 25.6 Å². The van der Waals surface area contributed by atoms with Crippen LogP contribution in [-0.2, 0) is 10.0 Å². The van der Waals surface area contributed by atoms with Crippen LogP contribution in [0, 0.1) is 11.6 Å². The van der Waals surface area contributed by atoms with E-state index in [1.54, 1.807) is 6.92 Å². The lowest BCUT2D eigenvalue weighted by molar-refractivity contribution is 0.102. The second kappa shape index (κ2) is 6.94. The van der Waals surface area contributed by atoms with Gasteiger partial charge in [0, 0.05) is 30.3 Å². The Kier molecular flexibility index (Phi) is 4.86. The number of aliphatic imine (C=N–C) groups is 2. The van der Waals surface area contributed by atoms with Crippen LogP contribution in [0.3, 0.4) is 0 Å². The van der Waals surface area contributed by atoms with Crippen LogP contribution in [0.2, 0.25) is 0 Å². The van der Waals surface area contributed by atoms with Gasteiger partial charge in [-0.1, -0.05) is 6.92 Å². The molecular formula is C16H16F2N4O3S. The Morgan fingerprint density at radius 1 is 1.27 bits per heavy atom. The minimum atomic E-state index is -3.84. The van der Waals surface area contributed by atoms with Crippen LogP contribution < -0.4 is 10.0 Å². The second-order valence-corrected chi connectivity index (χ2v) is 7.66. The summed E-state index contributed by atoms with van der Waals surface area (Å²) in [5, 5.41) is 2.84. The van der Waals surface area contributed by atoms with Crippen molar-refractivity contribution in [3.8, 4) is 0 Å². The number of carbonyl (C=O) groups is 1. The van der Waals surface area contributed by atoms with Crippen LogP contribution in [0.15, 0.2) is 33.9 Å². The molecule has 0 saturated heterocycles. The Morgan fingerprint density at radius 3 is 2.73 bits per heavy atom. The first-order chi connectivity index (χ1) is 12.3. The minimum Gasteiger partial charge on any atom is -0.367 e. The van der Waals surface area contributed by atoms with Gasteiger partial charge in [-0.3, -0.25) is 19.5 Å². The summed E-state index contributed by atoms with van der Waals surface area (Å²) >= 11 is 0. The topological polar surface area (TPSA) is 100.0 Å². The molecule has 0 aromatic heterocycles. The monoisotopic (exact) mass is 382 g/mol. The largest absolute Gasteiger partial charge is 0.367 e. The third-order valence-corrected chi connectivity index (χ3v) is 5.35. The van der Waals surface area contributed by atoms with Crippen molar-refractivity contribution < 1.29 is 22.0 Å². The van der Waals surface area contributed by atoms with Crippen LogP contribution in [0.1, 0.15) is 23.7 Å². The van der Waals surface area contributed by atoms with E-state index in [0.29, 0.717) is 12.5 Å². The molecule has 2 atom stereocenters. The molecule has 138 valence electrons. The third-order valence-electron chi connectivity index (χ3n) is 3.87. The number of nitrogens with zero attached hydrogens (tertiary/aromatic N) is 2. The molecule has 2 aliphatic heterocycles. The molecular weight excluding hydrogens is 366 g/mol. The molecule has 3 rings (SSSR count). The standard InChI is InChI=1S/C16H16F2N4O3S/c1-2-5-26(24,25)22-12-7-9(17)6-10(13(12)18)15(23)11-8-21-16-14(11)19-3-4-20-16/h3-4,6-8,14,16,21-22H,2,5H2,1H3. The molecule has 26 heavy (non-hydrogen) atoms. The van der Waals surface area contributed by atoms with E-state index < -0.39 is 50.9 Å². The molecule has 10 heteroatoms. The van der Waals surface area contributed by atoms with Crippen molar-refractivity contribution in [2.24, 2.45) is 9.98 Å². The molecule has 0 saturated carbocycles. The average Bonchev–Trinajstić information content (AvgIpc) is 3.01. The van der Waals surface area contributed by atoms with Crippen LogP contribution in [0.4, 0.5) is 14.5 Å². The lowest BCUT2D eigenvalue weighted by Gasteiger charge is -2.17. The summed E-state index contributed by atoms with van der Waals surface area (Å²) in [4.78, 5) is 20.9. The molecule has 0 radical (unpaired) electrons. The summed E-state index contributed by atoms with van der Waals surface area (Å²) in [5.74, 6) is -3.11. The molecule has 0 spiro atoms. The van der Waals surface area contributed by atoms with E-state index in [0.717, 1.165) is 6.07 Å². The molecule has 2 aliphatic rings. The molecule has 0 bridgehead atoms.